The summed E-state index contributed by atoms with van der Waals surface area (Å²) in [6.45, 7) is 20.1. The minimum absolute atomic E-state index is 0.0215. The molecule has 0 spiro atoms. The van der Waals surface area contributed by atoms with Crippen LogP contribution in [0, 0.1) is 29.1 Å². The summed E-state index contributed by atoms with van der Waals surface area (Å²) in [7, 11) is 7.82. The third-order valence-corrected chi connectivity index (χ3v) is 14.7. The Balaban J connectivity index is 1.57. The number of hydrogen-bond donors (Lipinski definition) is 0. The number of ether oxygens (including phenoxy) is 1. The van der Waals surface area contributed by atoms with Crippen LogP contribution in [0.5, 0.6) is 5.75 Å². The minimum atomic E-state index is -2.76. The predicted octanol–water partition coefficient (Wildman–Crippen LogP) is 11.1. The van der Waals surface area contributed by atoms with E-state index in [4.69, 9.17) is 14.4 Å². The second-order valence-corrected chi connectivity index (χ2v) is 20.2. The molecule has 2 amide bonds. The van der Waals surface area contributed by atoms with Crippen LogP contribution in [0.15, 0.2) is 54.6 Å². The molecule has 2 aliphatic heterocycles. The van der Waals surface area contributed by atoms with Crippen molar-refractivity contribution in [2.45, 2.75) is 96.8 Å². The number of carbonyl (C=O) groups is 2. The number of benzene rings is 4. The number of nitrogens with zero attached hydrogens (tertiary/aromatic N) is 3. The Kier molecular flexibility index (Phi) is 12.4. The molecule has 2 heterocycles. The standard InChI is InChI=1S/C27H39N2.C17H8F5NO3.ClH.Ru/c1-18(2)22-11-9-12-23(19(3)4)26(22)28-15-16-29(17-28)27-24(20(5)6)13-10-14-25(27)21(7)8;1-6-4-3-5-8-15(6)26-7(2)16(24)23(8)17(25)9-10(18)12(20)14(22)13(21)11(9)19;;/h9-14,17-21H,15-16H2,1-8H3;1,3-5,7H,2H3;1H;/q;;;+1/p-1. The fourth-order valence-electron chi connectivity index (χ4n) is 7.64. The predicted molar refractivity (Wildman–Crippen MR) is 213 cm³/mol. The Morgan fingerprint density at radius 3 is 1.53 bits per heavy atom. The fourth-order valence-corrected chi connectivity index (χ4v) is 12.2. The Bertz CT molecular complexity index is 2130. The van der Waals surface area contributed by atoms with Gasteiger partial charge in [-0.1, -0.05) is 0 Å². The van der Waals surface area contributed by atoms with Crippen LogP contribution in [-0.2, 0) is 19.3 Å². The van der Waals surface area contributed by atoms with E-state index < -0.39 is 67.1 Å². The third-order valence-electron chi connectivity index (χ3n) is 10.5. The zero-order valence-electron chi connectivity index (χ0n) is 33.3. The normalized spacial score (nSPS) is 17.1. The van der Waals surface area contributed by atoms with Crippen molar-refractivity contribution in [1.82, 2.24) is 0 Å². The van der Waals surface area contributed by atoms with E-state index in [1.54, 1.807) is 6.07 Å². The number of para-hydroxylation sites is 3. The molecule has 0 bridgehead atoms. The van der Waals surface area contributed by atoms with Crippen LogP contribution in [0.25, 0.3) is 0 Å². The topological polar surface area (TPSA) is 53.1 Å². The number of hydrogen-bond acceptors (Lipinski definition) is 5. The van der Waals surface area contributed by atoms with Gasteiger partial charge in [0.05, 0.1) is 0 Å². The van der Waals surface area contributed by atoms with Gasteiger partial charge in [0.1, 0.15) is 0 Å². The first-order chi connectivity index (χ1) is 26.9. The zero-order valence-corrected chi connectivity index (χ0v) is 35.8. The van der Waals surface area contributed by atoms with Gasteiger partial charge in [-0.15, -0.1) is 0 Å². The number of rotatable bonds is 9. The molecule has 0 N–H and O–H groups in total. The molecule has 4 aromatic rings. The summed E-state index contributed by atoms with van der Waals surface area (Å²) >= 11 is -2.76. The van der Waals surface area contributed by atoms with Crippen LogP contribution in [0.4, 0.5) is 39.0 Å². The van der Waals surface area contributed by atoms with E-state index in [-0.39, 0.29) is 39.9 Å². The molecule has 0 aliphatic carbocycles. The summed E-state index contributed by atoms with van der Waals surface area (Å²) in [4.78, 5) is 32.5. The molecule has 1 saturated heterocycles. The van der Waals surface area contributed by atoms with E-state index >= 15 is 0 Å². The average Bonchev–Trinajstić information content (AvgIpc) is 3.61. The fraction of sp³-hybridized carbons (Fsp3) is 0.386. The molecule has 6 nitrogen and oxygen atoms in total. The van der Waals surface area contributed by atoms with Gasteiger partial charge < -0.3 is 0 Å². The van der Waals surface area contributed by atoms with Crippen LogP contribution in [0.1, 0.15) is 124 Å². The Morgan fingerprint density at radius 1 is 0.702 bits per heavy atom. The molecule has 0 saturated carbocycles. The van der Waals surface area contributed by atoms with Crippen LogP contribution in [-0.4, -0.2) is 40.4 Å². The van der Waals surface area contributed by atoms with Crippen LogP contribution >= 0.6 is 9.69 Å². The first-order valence-corrected chi connectivity index (χ1v) is 23.3. The molecular formula is C44H47ClF5N3O3Ru. The van der Waals surface area contributed by atoms with E-state index in [1.807, 2.05) is 4.61 Å². The third kappa shape index (κ3) is 7.53. The summed E-state index contributed by atoms with van der Waals surface area (Å²) in [5.41, 5.74) is 5.54. The molecule has 2 aliphatic rings. The van der Waals surface area contributed by atoms with E-state index in [0.717, 1.165) is 11.4 Å². The Morgan fingerprint density at radius 2 is 1.11 bits per heavy atom. The molecule has 4 aromatic carbocycles. The van der Waals surface area contributed by atoms with Gasteiger partial charge in [-0.25, -0.2) is 0 Å². The van der Waals surface area contributed by atoms with Crippen molar-refractivity contribution in [2.75, 3.05) is 27.8 Å². The molecular weight excluding hydrogens is 850 g/mol. The van der Waals surface area contributed by atoms with Gasteiger partial charge in [0.25, 0.3) is 0 Å². The molecule has 0 aromatic heterocycles. The van der Waals surface area contributed by atoms with E-state index in [9.17, 15) is 31.5 Å². The van der Waals surface area contributed by atoms with Crippen molar-refractivity contribution < 1.29 is 50.8 Å². The summed E-state index contributed by atoms with van der Waals surface area (Å²) in [6.07, 6.45) is -1.36. The number of carbonyl (C=O) groups excluding carboxylic acids is 2. The first-order valence-electron chi connectivity index (χ1n) is 19.0. The van der Waals surface area contributed by atoms with Gasteiger partial charge in [0.15, 0.2) is 0 Å². The average molecular weight is 897 g/mol. The van der Waals surface area contributed by atoms with Crippen molar-refractivity contribution in [1.29, 1.82) is 0 Å². The van der Waals surface area contributed by atoms with Crippen molar-refractivity contribution >= 4 is 43.2 Å². The van der Waals surface area contributed by atoms with Gasteiger partial charge >= 0.3 is 341 Å². The SMILES string of the molecule is CC1Oc2c([CH]=[Ru]([Cl])[CH]3N(c4c(C(C)C)cccc4C(C)C)CCN3c3c(C(C)C)cccc3C(C)C)cccc2N(C(=O)c2c(F)c(F)c(F)c(F)c2F)C1=O. The van der Waals surface area contributed by atoms with Crippen LogP contribution in [0.3, 0.4) is 0 Å². The van der Waals surface area contributed by atoms with Crippen LogP contribution < -0.4 is 19.4 Å². The summed E-state index contributed by atoms with van der Waals surface area (Å²) < 4.78 is 80.1. The van der Waals surface area contributed by atoms with Gasteiger partial charge in [-0.05, 0) is 0 Å². The summed E-state index contributed by atoms with van der Waals surface area (Å²) in [6, 6.07) is 17.4. The maximum absolute atomic E-state index is 15.0. The molecule has 13 heteroatoms. The first kappa shape index (κ1) is 42.5. The van der Waals surface area contributed by atoms with Crippen molar-refractivity contribution in [3.05, 3.63) is 117 Å². The molecule has 1 unspecified atom stereocenters. The van der Waals surface area contributed by atoms with E-state index in [0.29, 0.717) is 23.6 Å². The van der Waals surface area contributed by atoms with Gasteiger partial charge in [0.2, 0.25) is 0 Å². The van der Waals surface area contributed by atoms with Gasteiger partial charge in [0, 0.05) is 0 Å². The zero-order chi connectivity index (χ0) is 41.8. The molecule has 1 atom stereocenters. The molecule has 57 heavy (non-hydrogen) atoms. The number of imide groups is 1. The van der Waals surface area contributed by atoms with Crippen molar-refractivity contribution in [3.63, 3.8) is 0 Å². The van der Waals surface area contributed by atoms with E-state index in [2.05, 4.69) is 102 Å². The van der Waals surface area contributed by atoms with Gasteiger partial charge in [-0.2, -0.15) is 0 Å². The van der Waals surface area contributed by atoms with Gasteiger partial charge in [-0.3, -0.25) is 0 Å². The Hall–Kier alpha value is -4.15. The number of anilines is 3. The summed E-state index contributed by atoms with van der Waals surface area (Å²) in [5.74, 6) is -13.6. The number of amides is 2. The molecule has 1 fully saturated rings. The van der Waals surface area contributed by atoms with E-state index in [1.165, 1.54) is 41.3 Å². The number of halogens is 6. The van der Waals surface area contributed by atoms with Crippen molar-refractivity contribution in [2.24, 2.45) is 0 Å². The van der Waals surface area contributed by atoms with Crippen molar-refractivity contribution in [3.8, 4) is 5.75 Å². The summed E-state index contributed by atoms with van der Waals surface area (Å²) in [5, 5.41) is 0. The monoisotopic (exact) mass is 897 g/mol. The Labute approximate surface area is 340 Å². The maximum atomic E-state index is 15.0. The molecule has 306 valence electrons. The number of fused-ring (bicyclic) bond motifs is 1. The quantitative estimate of drug-likeness (QED) is 0.0551. The second kappa shape index (κ2) is 16.6. The van der Waals surface area contributed by atoms with Crippen LogP contribution in [0.2, 0.25) is 0 Å². The molecule has 0 radical (unpaired) electrons. The molecule has 6 rings (SSSR count). The second-order valence-electron chi connectivity index (χ2n) is 15.6.